The maximum absolute atomic E-state index is 13.0. The third kappa shape index (κ3) is 3.51. The number of carbonyl (C=O) groups excluding carboxylic acids is 1. The van der Waals surface area contributed by atoms with Gasteiger partial charge in [0.1, 0.15) is 12.7 Å². The molecule has 2 N–H and O–H groups in total. The van der Waals surface area contributed by atoms with Crippen LogP contribution >= 0.6 is 0 Å². The molecule has 0 saturated heterocycles. The summed E-state index contributed by atoms with van der Waals surface area (Å²) in [7, 11) is 0. The number of hydrogen-bond acceptors (Lipinski definition) is 4. The third-order valence-corrected chi connectivity index (χ3v) is 7.98. The van der Waals surface area contributed by atoms with Crippen LogP contribution in [0.3, 0.4) is 0 Å². The molecule has 3 rings (SSSR count). The van der Waals surface area contributed by atoms with E-state index >= 15 is 0 Å². The lowest BCUT2D eigenvalue weighted by Gasteiger charge is -2.59. The molecule has 0 aromatic rings. The van der Waals surface area contributed by atoms with Gasteiger partial charge in [-0.05, 0) is 62.7 Å². The van der Waals surface area contributed by atoms with Gasteiger partial charge in [0.05, 0.1) is 12.0 Å². The minimum Gasteiger partial charge on any atom is -0.462 e. The van der Waals surface area contributed by atoms with Crippen LogP contribution in [-0.4, -0.2) is 35.5 Å². The van der Waals surface area contributed by atoms with Gasteiger partial charge in [0.15, 0.2) is 0 Å². The first kappa shape index (κ1) is 20.6. The summed E-state index contributed by atoms with van der Waals surface area (Å²) in [5, 5.41) is 18.5. The van der Waals surface area contributed by atoms with Crippen LogP contribution in [0.1, 0.15) is 65.7 Å². The van der Waals surface area contributed by atoms with Crippen molar-refractivity contribution in [3.05, 3.63) is 24.3 Å². The molecule has 0 bridgehead atoms. The molecule has 2 saturated carbocycles. The zero-order valence-corrected chi connectivity index (χ0v) is 17.2. The second kappa shape index (κ2) is 7.36. The summed E-state index contributed by atoms with van der Waals surface area (Å²) in [6.45, 7) is 10.2. The van der Waals surface area contributed by atoms with E-state index in [0.29, 0.717) is 11.8 Å². The SMILES string of the molecule is C=CC1(C)C=C2CCC3C(C)(C(=O)OCC(O)CO)CCCC3(C)C2CC1. The average Bonchev–Trinajstić information content (AvgIpc) is 2.65. The number of aliphatic hydroxyl groups is 2. The van der Waals surface area contributed by atoms with Crippen molar-refractivity contribution in [3.8, 4) is 0 Å². The van der Waals surface area contributed by atoms with Gasteiger partial charge in [-0.25, -0.2) is 0 Å². The summed E-state index contributed by atoms with van der Waals surface area (Å²) in [5.74, 6) is 0.637. The number of ether oxygens (including phenoxy) is 1. The van der Waals surface area contributed by atoms with Gasteiger partial charge in [-0.15, -0.1) is 6.58 Å². The van der Waals surface area contributed by atoms with E-state index in [-0.39, 0.29) is 30.0 Å². The smallest absolute Gasteiger partial charge is 0.312 e. The second-order valence-electron chi connectivity index (χ2n) is 9.82. The Bertz CT molecular complexity index is 626. The van der Waals surface area contributed by atoms with E-state index in [1.54, 1.807) is 5.57 Å². The Morgan fingerprint density at radius 2 is 2.07 bits per heavy atom. The molecule has 0 aromatic heterocycles. The van der Waals surface area contributed by atoms with E-state index in [1.807, 2.05) is 0 Å². The Kier molecular flexibility index (Phi) is 5.62. The quantitative estimate of drug-likeness (QED) is 0.562. The van der Waals surface area contributed by atoms with E-state index in [9.17, 15) is 9.90 Å². The fraction of sp³-hybridized carbons (Fsp3) is 0.783. The Hall–Kier alpha value is -1.13. The van der Waals surface area contributed by atoms with Gasteiger partial charge in [0, 0.05) is 5.41 Å². The van der Waals surface area contributed by atoms with Gasteiger partial charge in [-0.3, -0.25) is 4.79 Å². The van der Waals surface area contributed by atoms with Crippen molar-refractivity contribution in [2.24, 2.45) is 28.1 Å². The topological polar surface area (TPSA) is 66.8 Å². The number of fused-ring (bicyclic) bond motifs is 3. The van der Waals surface area contributed by atoms with Crippen LogP contribution < -0.4 is 0 Å². The zero-order valence-electron chi connectivity index (χ0n) is 17.2. The minimum absolute atomic E-state index is 0.104. The number of aliphatic hydroxyl groups excluding tert-OH is 2. The standard InChI is InChI=1S/C23H36O4/c1-5-21(2)12-9-18-16(13-21)7-8-19-22(18,3)10-6-11-23(19,4)20(26)27-15-17(25)14-24/h5,13,17-19,24-25H,1,6-12,14-15H2,2-4H3. The van der Waals surface area contributed by atoms with Crippen LogP contribution in [0.5, 0.6) is 0 Å². The number of allylic oxidation sites excluding steroid dienone is 3. The normalized spacial score (nSPS) is 42.3. The predicted octanol–water partition coefficient (Wildman–Crippen LogP) is 4.02. The van der Waals surface area contributed by atoms with Crippen LogP contribution in [0.2, 0.25) is 0 Å². The van der Waals surface area contributed by atoms with Gasteiger partial charge in [-0.2, -0.15) is 0 Å². The molecule has 152 valence electrons. The lowest BCUT2D eigenvalue weighted by molar-refractivity contribution is -0.174. The molecular formula is C23H36O4. The maximum Gasteiger partial charge on any atom is 0.312 e. The van der Waals surface area contributed by atoms with Gasteiger partial charge >= 0.3 is 5.97 Å². The number of carbonyl (C=O) groups is 1. The molecule has 2 fully saturated rings. The van der Waals surface area contributed by atoms with Gasteiger partial charge in [0.25, 0.3) is 0 Å². The first-order valence-electron chi connectivity index (χ1n) is 10.5. The Morgan fingerprint density at radius 3 is 2.74 bits per heavy atom. The minimum atomic E-state index is -0.997. The molecule has 6 unspecified atom stereocenters. The van der Waals surface area contributed by atoms with Crippen molar-refractivity contribution >= 4 is 5.97 Å². The molecule has 27 heavy (non-hydrogen) atoms. The van der Waals surface area contributed by atoms with Crippen LogP contribution in [0.15, 0.2) is 24.3 Å². The zero-order chi connectivity index (χ0) is 19.9. The highest BCUT2D eigenvalue weighted by Crippen LogP contribution is 2.64. The number of hydrogen-bond donors (Lipinski definition) is 2. The highest BCUT2D eigenvalue weighted by molar-refractivity contribution is 5.77. The van der Waals surface area contributed by atoms with Crippen molar-refractivity contribution < 1.29 is 19.7 Å². The largest absolute Gasteiger partial charge is 0.462 e. The van der Waals surface area contributed by atoms with E-state index in [4.69, 9.17) is 9.84 Å². The molecule has 4 heteroatoms. The van der Waals surface area contributed by atoms with Crippen LogP contribution in [0.4, 0.5) is 0 Å². The molecule has 3 aliphatic carbocycles. The number of esters is 1. The van der Waals surface area contributed by atoms with Crippen LogP contribution in [0.25, 0.3) is 0 Å². The van der Waals surface area contributed by atoms with E-state index in [1.165, 1.54) is 0 Å². The lowest BCUT2D eigenvalue weighted by Crippen LogP contribution is -2.54. The van der Waals surface area contributed by atoms with Crippen molar-refractivity contribution in [1.82, 2.24) is 0 Å². The molecule has 0 amide bonds. The molecule has 0 spiro atoms. The van der Waals surface area contributed by atoms with Gasteiger partial charge < -0.3 is 14.9 Å². The molecule has 0 heterocycles. The molecule has 4 nitrogen and oxygen atoms in total. The summed E-state index contributed by atoms with van der Waals surface area (Å²) in [4.78, 5) is 13.0. The van der Waals surface area contributed by atoms with E-state index in [0.717, 1.165) is 44.9 Å². The van der Waals surface area contributed by atoms with Crippen molar-refractivity contribution in [3.63, 3.8) is 0 Å². The van der Waals surface area contributed by atoms with Crippen molar-refractivity contribution in [2.45, 2.75) is 71.8 Å². The van der Waals surface area contributed by atoms with E-state index in [2.05, 4.69) is 39.5 Å². The highest BCUT2D eigenvalue weighted by atomic mass is 16.5. The fourth-order valence-electron chi connectivity index (χ4n) is 6.32. The van der Waals surface area contributed by atoms with Crippen molar-refractivity contribution in [1.29, 1.82) is 0 Å². The first-order valence-corrected chi connectivity index (χ1v) is 10.5. The summed E-state index contributed by atoms with van der Waals surface area (Å²) in [5.41, 5.74) is 1.28. The molecule has 0 radical (unpaired) electrons. The molecule has 6 atom stereocenters. The summed E-state index contributed by atoms with van der Waals surface area (Å²) < 4.78 is 5.44. The third-order valence-electron chi connectivity index (χ3n) is 7.98. The number of rotatable bonds is 5. The Labute approximate surface area is 163 Å². The van der Waals surface area contributed by atoms with Gasteiger partial charge in [-0.1, -0.05) is 38.0 Å². The summed E-state index contributed by atoms with van der Waals surface area (Å²) in [6, 6.07) is 0. The summed E-state index contributed by atoms with van der Waals surface area (Å²) >= 11 is 0. The maximum atomic E-state index is 13.0. The molecular weight excluding hydrogens is 340 g/mol. The lowest BCUT2D eigenvalue weighted by atomic mass is 9.45. The predicted molar refractivity (Wildman–Crippen MR) is 106 cm³/mol. The van der Waals surface area contributed by atoms with Crippen molar-refractivity contribution in [2.75, 3.05) is 13.2 Å². The van der Waals surface area contributed by atoms with E-state index < -0.39 is 11.5 Å². The molecule has 0 aliphatic heterocycles. The van der Waals surface area contributed by atoms with Gasteiger partial charge in [0.2, 0.25) is 0 Å². The molecule has 0 aromatic carbocycles. The van der Waals surface area contributed by atoms with Crippen LogP contribution in [-0.2, 0) is 9.53 Å². The Balaban J connectivity index is 1.84. The monoisotopic (exact) mass is 376 g/mol. The highest BCUT2D eigenvalue weighted by Gasteiger charge is 2.58. The summed E-state index contributed by atoms with van der Waals surface area (Å²) in [6.07, 6.45) is 10.9. The molecule has 3 aliphatic rings. The fourth-order valence-corrected chi connectivity index (χ4v) is 6.32. The first-order chi connectivity index (χ1) is 12.7. The Morgan fingerprint density at radius 1 is 1.33 bits per heavy atom. The second-order valence-corrected chi connectivity index (χ2v) is 9.82. The van der Waals surface area contributed by atoms with Crippen LogP contribution in [0, 0.1) is 28.1 Å². The average molecular weight is 377 g/mol.